The number of ketones is 1. The summed E-state index contributed by atoms with van der Waals surface area (Å²) in [6.45, 7) is 2.84. The van der Waals surface area contributed by atoms with Crippen molar-refractivity contribution in [2.75, 3.05) is 13.1 Å². The molecule has 1 rings (SSSR count). The van der Waals surface area contributed by atoms with Gasteiger partial charge < -0.3 is 5.11 Å². The SMILES string of the molecule is CCC(=O)CN1CCCC1C(=O)O. The third-order valence-electron chi connectivity index (χ3n) is 2.42. The number of nitrogens with zero attached hydrogens (tertiary/aromatic N) is 1. The maximum atomic E-state index is 11.1. The van der Waals surface area contributed by atoms with E-state index in [4.69, 9.17) is 5.11 Å². The Morgan fingerprint density at radius 3 is 2.77 bits per heavy atom. The number of rotatable bonds is 4. The van der Waals surface area contributed by atoms with Crippen LogP contribution in [0, 0.1) is 0 Å². The fraction of sp³-hybridized carbons (Fsp3) is 0.778. The van der Waals surface area contributed by atoms with Crippen molar-refractivity contribution in [2.24, 2.45) is 0 Å². The normalized spacial score (nSPS) is 23.3. The van der Waals surface area contributed by atoms with Gasteiger partial charge in [0.25, 0.3) is 0 Å². The van der Waals surface area contributed by atoms with Gasteiger partial charge in [-0.1, -0.05) is 6.92 Å². The van der Waals surface area contributed by atoms with Crippen molar-refractivity contribution in [1.82, 2.24) is 4.90 Å². The minimum absolute atomic E-state index is 0.119. The van der Waals surface area contributed by atoms with Gasteiger partial charge in [0.15, 0.2) is 0 Å². The van der Waals surface area contributed by atoms with Crippen molar-refractivity contribution >= 4 is 11.8 Å². The molecule has 0 radical (unpaired) electrons. The molecule has 0 aliphatic carbocycles. The van der Waals surface area contributed by atoms with Crippen LogP contribution in [0.1, 0.15) is 26.2 Å². The Morgan fingerprint density at radius 1 is 1.54 bits per heavy atom. The smallest absolute Gasteiger partial charge is 0.320 e. The van der Waals surface area contributed by atoms with E-state index in [1.165, 1.54) is 0 Å². The zero-order chi connectivity index (χ0) is 9.84. The van der Waals surface area contributed by atoms with Gasteiger partial charge in [-0.25, -0.2) is 0 Å². The highest BCUT2D eigenvalue weighted by Gasteiger charge is 2.30. The maximum Gasteiger partial charge on any atom is 0.320 e. The minimum atomic E-state index is -0.804. The van der Waals surface area contributed by atoms with E-state index < -0.39 is 12.0 Å². The molecule has 0 saturated carbocycles. The molecule has 1 fully saturated rings. The van der Waals surface area contributed by atoms with E-state index in [0.29, 0.717) is 19.4 Å². The van der Waals surface area contributed by atoms with Crippen molar-refractivity contribution in [3.05, 3.63) is 0 Å². The zero-order valence-electron chi connectivity index (χ0n) is 7.82. The van der Waals surface area contributed by atoms with Crippen molar-refractivity contribution in [1.29, 1.82) is 0 Å². The van der Waals surface area contributed by atoms with Crippen molar-refractivity contribution in [2.45, 2.75) is 32.2 Å². The zero-order valence-corrected chi connectivity index (χ0v) is 7.82. The molecule has 4 heteroatoms. The van der Waals surface area contributed by atoms with Gasteiger partial charge in [-0.3, -0.25) is 14.5 Å². The molecular weight excluding hydrogens is 170 g/mol. The van der Waals surface area contributed by atoms with Crippen LogP contribution in [0.5, 0.6) is 0 Å². The molecule has 1 unspecified atom stereocenters. The number of likely N-dealkylation sites (tertiary alicyclic amines) is 1. The Labute approximate surface area is 77.5 Å². The Hall–Kier alpha value is -0.900. The second kappa shape index (κ2) is 4.37. The molecule has 1 aliphatic rings. The Bertz CT molecular complexity index is 215. The van der Waals surface area contributed by atoms with Crippen LogP contribution in [0.25, 0.3) is 0 Å². The van der Waals surface area contributed by atoms with Crippen LogP contribution in [0.15, 0.2) is 0 Å². The lowest BCUT2D eigenvalue weighted by Crippen LogP contribution is -2.39. The monoisotopic (exact) mass is 185 g/mol. The summed E-state index contributed by atoms with van der Waals surface area (Å²) in [4.78, 5) is 23.6. The highest BCUT2D eigenvalue weighted by molar-refractivity contribution is 5.81. The van der Waals surface area contributed by atoms with E-state index in [0.717, 1.165) is 13.0 Å². The maximum absolute atomic E-state index is 11.1. The van der Waals surface area contributed by atoms with Crippen LogP contribution in [0.3, 0.4) is 0 Å². The number of carbonyl (C=O) groups is 2. The third kappa shape index (κ3) is 2.52. The van der Waals surface area contributed by atoms with Gasteiger partial charge >= 0.3 is 5.97 Å². The van der Waals surface area contributed by atoms with Crippen LogP contribution in [-0.4, -0.2) is 40.9 Å². The van der Waals surface area contributed by atoms with Crippen molar-refractivity contribution in [3.63, 3.8) is 0 Å². The number of aliphatic carboxylic acids is 1. The molecular formula is C9H15NO3. The van der Waals surface area contributed by atoms with Gasteiger partial charge in [0, 0.05) is 6.42 Å². The first-order chi connectivity index (χ1) is 6.15. The number of hydrogen-bond acceptors (Lipinski definition) is 3. The quantitative estimate of drug-likeness (QED) is 0.693. The minimum Gasteiger partial charge on any atom is -0.480 e. The largest absolute Gasteiger partial charge is 0.480 e. The second-order valence-corrected chi connectivity index (χ2v) is 3.36. The molecule has 13 heavy (non-hydrogen) atoms. The molecule has 4 nitrogen and oxygen atoms in total. The summed E-state index contributed by atoms with van der Waals surface area (Å²) >= 11 is 0. The van der Waals surface area contributed by atoms with E-state index in [-0.39, 0.29) is 5.78 Å². The molecule has 0 amide bonds. The molecule has 1 heterocycles. The molecule has 0 aromatic rings. The van der Waals surface area contributed by atoms with Gasteiger partial charge in [-0.15, -0.1) is 0 Å². The van der Waals surface area contributed by atoms with E-state index >= 15 is 0 Å². The summed E-state index contributed by atoms with van der Waals surface area (Å²) in [5.74, 6) is -0.686. The van der Waals surface area contributed by atoms with E-state index in [9.17, 15) is 9.59 Å². The topological polar surface area (TPSA) is 57.6 Å². The lowest BCUT2D eigenvalue weighted by atomic mass is 10.2. The molecule has 0 bridgehead atoms. The third-order valence-corrected chi connectivity index (χ3v) is 2.42. The predicted octanol–water partition coefficient (Wildman–Crippen LogP) is 0.514. The fourth-order valence-electron chi connectivity index (χ4n) is 1.63. The van der Waals surface area contributed by atoms with E-state index in [1.54, 1.807) is 11.8 Å². The van der Waals surface area contributed by atoms with Crippen LogP contribution in [-0.2, 0) is 9.59 Å². The first kappa shape index (κ1) is 10.2. The Balaban J connectivity index is 2.48. The van der Waals surface area contributed by atoms with Gasteiger partial charge in [-0.05, 0) is 19.4 Å². The van der Waals surface area contributed by atoms with Crippen LogP contribution in [0.2, 0.25) is 0 Å². The summed E-state index contributed by atoms with van der Waals surface area (Å²) in [6, 6.07) is -0.435. The fourth-order valence-corrected chi connectivity index (χ4v) is 1.63. The van der Waals surface area contributed by atoms with E-state index in [1.807, 2.05) is 0 Å². The summed E-state index contributed by atoms with van der Waals surface area (Å²) in [5, 5.41) is 8.82. The molecule has 1 saturated heterocycles. The Morgan fingerprint density at radius 2 is 2.23 bits per heavy atom. The average molecular weight is 185 g/mol. The summed E-state index contributed by atoms with van der Waals surface area (Å²) in [7, 11) is 0. The highest BCUT2D eigenvalue weighted by Crippen LogP contribution is 2.16. The number of Topliss-reactive ketones (excluding diaryl/α,β-unsaturated/α-hetero) is 1. The molecule has 1 aliphatic heterocycles. The first-order valence-electron chi connectivity index (χ1n) is 4.63. The lowest BCUT2D eigenvalue weighted by Gasteiger charge is -2.19. The van der Waals surface area contributed by atoms with Gasteiger partial charge in [0.05, 0.1) is 6.54 Å². The van der Waals surface area contributed by atoms with Crippen LogP contribution in [0.4, 0.5) is 0 Å². The summed E-state index contributed by atoms with van der Waals surface area (Å²) < 4.78 is 0. The number of carbonyl (C=O) groups excluding carboxylic acids is 1. The van der Waals surface area contributed by atoms with Crippen LogP contribution >= 0.6 is 0 Å². The molecule has 1 atom stereocenters. The highest BCUT2D eigenvalue weighted by atomic mass is 16.4. The first-order valence-corrected chi connectivity index (χ1v) is 4.63. The van der Waals surface area contributed by atoms with E-state index in [2.05, 4.69) is 0 Å². The molecule has 74 valence electrons. The summed E-state index contributed by atoms with van der Waals surface area (Å²) in [6.07, 6.45) is 2.04. The number of carboxylic acid groups (broad SMARTS) is 1. The lowest BCUT2D eigenvalue weighted by molar-refractivity contribution is -0.142. The molecule has 1 N–H and O–H groups in total. The Kier molecular flexibility index (Phi) is 3.42. The van der Waals surface area contributed by atoms with Crippen LogP contribution < -0.4 is 0 Å². The van der Waals surface area contributed by atoms with Crippen molar-refractivity contribution in [3.8, 4) is 0 Å². The van der Waals surface area contributed by atoms with Gasteiger partial charge in [0.1, 0.15) is 11.8 Å². The molecule has 0 aromatic heterocycles. The van der Waals surface area contributed by atoms with Gasteiger partial charge in [-0.2, -0.15) is 0 Å². The molecule has 0 aromatic carbocycles. The molecule has 0 spiro atoms. The summed E-state index contributed by atoms with van der Waals surface area (Å²) in [5.41, 5.74) is 0. The standard InChI is InChI=1S/C9H15NO3/c1-2-7(11)6-10-5-3-4-8(10)9(12)13/h8H,2-6H2,1H3,(H,12,13). The average Bonchev–Trinajstić information content (AvgIpc) is 2.52. The second-order valence-electron chi connectivity index (χ2n) is 3.36. The number of hydrogen-bond donors (Lipinski definition) is 1. The predicted molar refractivity (Wildman–Crippen MR) is 47.5 cm³/mol. The number of carboxylic acids is 1. The van der Waals surface area contributed by atoms with Crippen molar-refractivity contribution < 1.29 is 14.7 Å². The van der Waals surface area contributed by atoms with Gasteiger partial charge in [0.2, 0.25) is 0 Å².